The number of aliphatic hydroxyl groups is 1. The second-order valence-corrected chi connectivity index (χ2v) is 6.65. The van der Waals surface area contributed by atoms with E-state index >= 15 is 0 Å². The number of aliphatic hydroxyl groups excluding tert-OH is 1. The summed E-state index contributed by atoms with van der Waals surface area (Å²) in [5.74, 6) is 0.935. The highest BCUT2D eigenvalue weighted by molar-refractivity contribution is 5.78. The summed E-state index contributed by atoms with van der Waals surface area (Å²) >= 11 is 0. The Balaban J connectivity index is 1.77. The number of rotatable bonds is 6. The number of hydrogen-bond donors (Lipinski definition) is 2. The Bertz CT molecular complexity index is 453. The summed E-state index contributed by atoms with van der Waals surface area (Å²) in [6.45, 7) is 5.02. The van der Waals surface area contributed by atoms with Gasteiger partial charge in [-0.15, -0.1) is 0 Å². The van der Waals surface area contributed by atoms with Gasteiger partial charge in [-0.2, -0.15) is 0 Å². The molecular formula is C18H27NO2. The molecule has 2 rings (SSSR count). The lowest BCUT2D eigenvalue weighted by Gasteiger charge is -2.15. The van der Waals surface area contributed by atoms with Crippen LogP contribution in [0.25, 0.3) is 0 Å². The summed E-state index contributed by atoms with van der Waals surface area (Å²) < 4.78 is 0. The van der Waals surface area contributed by atoms with E-state index in [1.54, 1.807) is 0 Å². The molecule has 0 heterocycles. The van der Waals surface area contributed by atoms with Crippen LogP contribution in [-0.2, 0) is 17.6 Å². The fourth-order valence-electron chi connectivity index (χ4n) is 3.01. The molecule has 3 nitrogen and oxygen atoms in total. The Hall–Kier alpha value is -1.35. The second-order valence-electron chi connectivity index (χ2n) is 6.65. The van der Waals surface area contributed by atoms with Gasteiger partial charge in [-0.1, -0.05) is 44.5 Å². The third-order valence-corrected chi connectivity index (χ3v) is 4.21. The minimum atomic E-state index is -0.236. The van der Waals surface area contributed by atoms with Gasteiger partial charge < -0.3 is 10.4 Å². The van der Waals surface area contributed by atoms with Crippen molar-refractivity contribution in [1.82, 2.24) is 5.32 Å². The van der Waals surface area contributed by atoms with E-state index in [1.165, 1.54) is 5.56 Å². The summed E-state index contributed by atoms with van der Waals surface area (Å²) in [6.07, 6.45) is 4.22. The van der Waals surface area contributed by atoms with Gasteiger partial charge in [0, 0.05) is 12.5 Å². The maximum Gasteiger partial charge on any atom is 0.224 e. The van der Waals surface area contributed by atoms with Gasteiger partial charge in [0.25, 0.3) is 0 Å². The number of carbonyl (C=O) groups excluding carboxylic acids is 1. The van der Waals surface area contributed by atoms with Crippen LogP contribution in [0.4, 0.5) is 0 Å². The minimum Gasteiger partial charge on any atom is -0.393 e. The Morgan fingerprint density at radius 1 is 1.24 bits per heavy atom. The molecule has 21 heavy (non-hydrogen) atoms. The van der Waals surface area contributed by atoms with Crippen molar-refractivity contribution in [2.45, 2.75) is 52.1 Å². The Labute approximate surface area is 127 Å². The molecule has 116 valence electrons. The minimum absolute atomic E-state index is 0.0470. The number of benzene rings is 1. The molecule has 1 saturated carbocycles. The number of nitrogens with one attached hydrogen (secondary N) is 1. The molecular weight excluding hydrogens is 262 g/mol. The predicted octanol–water partition coefficient (Wildman–Crippen LogP) is 2.70. The van der Waals surface area contributed by atoms with Crippen molar-refractivity contribution in [3.63, 3.8) is 0 Å². The average molecular weight is 289 g/mol. The second kappa shape index (κ2) is 7.60. The van der Waals surface area contributed by atoms with E-state index in [9.17, 15) is 9.90 Å². The van der Waals surface area contributed by atoms with Gasteiger partial charge in [0.15, 0.2) is 0 Å². The van der Waals surface area contributed by atoms with E-state index in [2.05, 4.69) is 31.3 Å². The summed E-state index contributed by atoms with van der Waals surface area (Å²) in [7, 11) is 0. The third-order valence-electron chi connectivity index (χ3n) is 4.21. The highest BCUT2D eigenvalue weighted by atomic mass is 16.3. The van der Waals surface area contributed by atoms with Gasteiger partial charge in [-0.3, -0.25) is 4.79 Å². The number of carbonyl (C=O) groups is 1. The lowest BCUT2D eigenvalue weighted by molar-refractivity contribution is -0.120. The first kappa shape index (κ1) is 16.0. The average Bonchev–Trinajstić information content (AvgIpc) is 2.84. The molecule has 0 saturated heterocycles. The molecule has 0 spiro atoms. The van der Waals surface area contributed by atoms with Crippen LogP contribution >= 0.6 is 0 Å². The predicted molar refractivity (Wildman–Crippen MR) is 85.0 cm³/mol. The highest BCUT2D eigenvalue weighted by Gasteiger charge is 2.25. The fraction of sp³-hybridized carbons (Fsp3) is 0.611. The zero-order valence-corrected chi connectivity index (χ0v) is 13.1. The SMILES string of the molecule is CC(C)Cc1ccc(CC(=O)NCC2CCCC2O)cc1. The zero-order chi connectivity index (χ0) is 15.2. The topological polar surface area (TPSA) is 49.3 Å². The van der Waals surface area contributed by atoms with Crippen molar-refractivity contribution in [3.05, 3.63) is 35.4 Å². The standard InChI is InChI=1S/C18H27NO2/c1-13(2)10-14-6-8-15(9-7-14)11-18(21)19-12-16-4-3-5-17(16)20/h6-9,13,16-17,20H,3-5,10-12H2,1-2H3,(H,19,21). The van der Waals surface area contributed by atoms with Crippen molar-refractivity contribution < 1.29 is 9.90 Å². The van der Waals surface area contributed by atoms with E-state index in [0.29, 0.717) is 18.9 Å². The maximum atomic E-state index is 11.9. The quantitative estimate of drug-likeness (QED) is 0.846. The van der Waals surface area contributed by atoms with E-state index in [0.717, 1.165) is 31.2 Å². The molecule has 0 radical (unpaired) electrons. The van der Waals surface area contributed by atoms with Crippen LogP contribution in [0.5, 0.6) is 0 Å². The van der Waals surface area contributed by atoms with Gasteiger partial charge >= 0.3 is 0 Å². The van der Waals surface area contributed by atoms with Crippen molar-refractivity contribution in [2.75, 3.05) is 6.54 Å². The molecule has 1 amide bonds. The van der Waals surface area contributed by atoms with E-state index in [-0.39, 0.29) is 17.9 Å². The fourth-order valence-corrected chi connectivity index (χ4v) is 3.01. The Kier molecular flexibility index (Phi) is 5.80. The van der Waals surface area contributed by atoms with Crippen LogP contribution in [0.1, 0.15) is 44.2 Å². The van der Waals surface area contributed by atoms with E-state index in [4.69, 9.17) is 0 Å². The first-order valence-corrected chi connectivity index (χ1v) is 8.07. The van der Waals surface area contributed by atoms with Gasteiger partial charge in [0.2, 0.25) is 5.91 Å². The van der Waals surface area contributed by atoms with Crippen molar-refractivity contribution >= 4 is 5.91 Å². The molecule has 2 N–H and O–H groups in total. The molecule has 0 aliphatic heterocycles. The van der Waals surface area contributed by atoms with Crippen molar-refractivity contribution in [3.8, 4) is 0 Å². The smallest absolute Gasteiger partial charge is 0.224 e. The van der Waals surface area contributed by atoms with Crippen LogP contribution < -0.4 is 5.32 Å². The lowest BCUT2D eigenvalue weighted by Crippen LogP contribution is -2.33. The number of hydrogen-bond acceptors (Lipinski definition) is 2. The molecule has 3 heteroatoms. The van der Waals surface area contributed by atoms with Crippen molar-refractivity contribution in [1.29, 1.82) is 0 Å². The first-order chi connectivity index (χ1) is 10.0. The molecule has 0 aromatic heterocycles. The Morgan fingerprint density at radius 3 is 2.48 bits per heavy atom. The third kappa shape index (κ3) is 5.16. The normalized spacial score (nSPS) is 21.7. The molecule has 2 unspecified atom stereocenters. The summed E-state index contributed by atoms with van der Waals surface area (Å²) in [5, 5.41) is 12.7. The molecule has 1 aromatic rings. The van der Waals surface area contributed by atoms with E-state index < -0.39 is 0 Å². The lowest BCUT2D eigenvalue weighted by atomic mass is 10.0. The largest absolute Gasteiger partial charge is 0.393 e. The van der Waals surface area contributed by atoms with Crippen molar-refractivity contribution in [2.24, 2.45) is 11.8 Å². The first-order valence-electron chi connectivity index (χ1n) is 8.07. The highest BCUT2D eigenvalue weighted by Crippen LogP contribution is 2.24. The van der Waals surface area contributed by atoms with Gasteiger partial charge in [-0.25, -0.2) is 0 Å². The van der Waals surface area contributed by atoms with Crippen LogP contribution in [0.2, 0.25) is 0 Å². The van der Waals surface area contributed by atoms with Crippen LogP contribution in [0, 0.1) is 11.8 Å². The number of amides is 1. The van der Waals surface area contributed by atoms with Crippen LogP contribution in [0.15, 0.2) is 24.3 Å². The molecule has 1 fully saturated rings. The van der Waals surface area contributed by atoms with Gasteiger partial charge in [-0.05, 0) is 36.3 Å². The molecule has 1 aliphatic carbocycles. The summed E-state index contributed by atoms with van der Waals surface area (Å²) in [5.41, 5.74) is 2.37. The summed E-state index contributed by atoms with van der Waals surface area (Å²) in [4.78, 5) is 11.9. The maximum absolute atomic E-state index is 11.9. The van der Waals surface area contributed by atoms with E-state index in [1.807, 2.05) is 12.1 Å². The van der Waals surface area contributed by atoms with Crippen LogP contribution in [0.3, 0.4) is 0 Å². The summed E-state index contributed by atoms with van der Waals surface area (Å²) in [6, 6.07) is 8.32. The zero-order valence-electron chi connectivity index (χ0n) is 13.1. The molecule has 0 bridgehead atoms. The molecule has 2 atom stereocenters. The Morgan fingerprint density at radius 2 is 1.90 bits per heavy atom. The van der Waals surface area contributed by atoms with Gasteiger partial charge in [0.1, 0.15) is 0 Å². The monoisotopic (exact) mass is 289 g/mol. The molecule has 1 aromatic carbocycles. The molecule has 1 aliphatic rings. The van der Waals surface area contributed by atoms with Crippen LogP contribution in [-0.4, -0.2) is 23.7 Å². The van der Waals surface area contributed by atoms with Gasteiger partial charge in [0.05, 0.1) is 12.5 Å².